The summed E-state index contributed by atoms with van der Waals surface area (Å²) < 4.78 is 0. The van der Waals surface area contributed by atoms with Crippen molar-refractivity contribution in [2.75, 3.05) is 27.2 Å². The molecule has 1 saturated heterocycles. The van der Waals surface area contributed by atoms with Gasteiger partial charge < -0.3 is 9.80 Å². The summed E-state index contributed by atoms with van der Waals surface area (Å²) in [5.41, 5.74) is 1.41. The third kappa shape index (κ3) is 2.78. The van der Waals surface area contributed by atoms with Gasteiger partial charge in [0, 0.05) is 27.2 Å². The quantitative estimate of drug-likeness (QED) is 0.730. The first kappa shape index (κ1) is 12.0. The fraction of sp³-hybridized carbons (Fsp3) is 0.500. The molecule has 0 unspecified atom stereocenters. The van der Waals surface area contributed by atoms with Crippen molar-refractivity contribution in [2.45, 2.75) is 18.8 Å². The molecule has 0 atom stereocenters. The summed E-state index contributed by atoms with van der Waals surface area (Å²) in [4.78, 5) is 15.4. The number of hydrogen-bond donors (Lipinski definition) is 0. The van der Waals surface area contributed by atoms with Crippen molar-refractivity contribution in [3.63, 3.8) is 0 Å². The highest BCUT2D eigenvalue weighted by Gasteiger charge is 2.24. The number of nitrogens with zero attached hydrogens (tertiary/aromatic N) is 2. The molecule has 1 aromatic carbocycles. The van der Waals surface area contributed by atoms with Crippen molar-refractivity contribution in [3.05, 3.63) is 35.9 Å². The Morgan fingerprint density at radius 3 is 2.29 bits per heavy atom. The van der Waals surface area contributed by atoms with Gasteiger partial charge in [-0.3, -0.25) is 0 Å². The van der Waals surface area contributed by atoms with Gasteiger partial charge in [0.1, 0.15) is 0 Å². The maximum absolute atomic E-state index is 11.8. The number of benzene rings is 1. The molecule has 3 nitrogen and oxygen atoms in total. The van der Waals surface area contributed by atoms with E-state index in [-0.39, 0.29) is 6.03 Å². The second kappa shape index (κ2) is 5.21. The smallest absolute Gasteiger partial charge is 0.319 e. The van der Waals surface area contributed by atoms with Gasteiger partial charge in [0.25, 0.3) is 0 Å². The second-order valence-electron chi connectivity index (χ2n) is 4.85. The minimum Gasteiger partial charge on any atom is -0.331 e. The Balaban J connectivity index is 1.93. The Bertz CT molecular complexity index is 367. The molecule has 1 fully saturated rings. The summed E-state index contributed by atoms with van der Waals surface area (Å²) in [6.07, 6.45) is 2.15. The lowest BCUT2D eigenvalue weighted by Crippen LogP contribution is -2.43. The van der Waals surface area contributed by atoms with Crippen molar-refractivity contribution >= 4 is 6.03 Å². The Labute approximate surface area is 103 Å². The molecule has 0 radical (unpaired) electrons. The van der Waals surface area contributed by atoms with Gasteiger partial charge in [0.15, 0.2) is 0 Å². The van der Waals surface area contributed by atoms with Gasteiger partial charge in [-0.1, -0.05) is 30.3 Å². The molecule has 1 aliphatic rings. The predicted molar refractivity (Wildman–Crippen MR) is 69.1 cm³/mol. The van der Waals surface area contributed by atoms with E-state index < -0.39 is 0 Å². The van der Waals surface area contributed by atoms with E-state index in [0.717, 1.165) is 25.9 Å². The zero-order chi connectivity index (χ0) is 12.3. The number of carbonyl (C=O) groups is 1. The Morgan fingerprint density at radius 2 is 1.76 bits per heavy atom. The van der Waals surface area contributed by atoms with Gasteiger partial charge >= 0.3 is 6.03 Å². The molecule has 0 saturated carbocycles. The molecule has 2 rings (SSSR count). The minimum atomic E-state index is 0.136. The third-order valence-electron chi connectivity index (χ3n) is 3.42. The first-order valence-corrected chi connectivity index (χ1v) is 6.19. The SMILES string of the molecule is CN(C)C(=O)N1CCC(c2ccccc2)CC1. The lowest BCUT2D eigenvalue weighted by Gasteiger charge is -2.33. The van der Waals surface area contributed by atoms with Crippen molar-refractivity contribution in [1.29, 1.82) is 0 Å². The van der Waals surface area contributed by atoms with Crippen LogP contribution in [0.2, 0.25) is 0 Å². The van der Waals surface area contributed by atoms with Crippen LogP contribution in [0.25, 0.3) is 0 Å². The highest BCUT2D eigenvalue weighted by molar-refractivity contribution is 5.73. The van der Waals surface area contributed by atoms with Crippen LogP contribution in [0.15, 0.2) is 30.3 Å². The molecule has 17 heavy (non-hydrogen) atoms. The highest BCUT2D eigenvalue weighted by Crippen LogP contribution is 2.27. The number of piperidine rings is 1. The molecule has 3 heteroatoms. The average Bonchev–Trinajstić information content (AvgIpc) is 2.39. The number of amides is 2. The Kier molecular flexibility index (Phi) is 3.67. The number of urea groups is 1. The van der Waals surface area contributed by atoms with Crippen LogP contribution in [0.5, 0.6) is 0 Å². The number of likely N-dealkylation sites (tertiary alicyclic amines) is 1. The van der Waals surface area contributed by atoms with Gasteiger partial charge in [-0.2, -0.15) is 0 Å². The van der Waals surface area contributed by atoms with Crippen LogP contribution >= 0.6 is 0 Å². The lowest BCUT2D eigenvalue weighted by molar-refractivity contribution is 0.156. The summed E-state index contributed by atoms with van der Waals surface area (Å²) in [5, 5.41) is 0. The largest absolute Gasteiger partial charge is 0.331 e. The first-order chi connectivity index (χ1) is 8.18. The van der Waals surface area contributed by atoms with E-state index >= 15 is 0 Å². The standard InChI is InChI=1S/C14H20N2O/c1-15(2)14(17)16-10-8-13(9-11-16)12-6-4-3-5-7-12/h3-7,13H,8-11H2,1-2H3. The second-order valence-corrected chi connectivity index (χ2v) is 4.85. The predicted octanol–water partition coefficient (Wildman–Crippen LogP) is 2.55. The molecular weight excluding hydrogens is 212 g/mol. The zero-order valence-electron chi connectivity index (χ0n) is 10.6. The minimum absolute atomic E-state index is 0.136. The van der Waals surface area contributed by atoms with E-state index in [0.29, 0.717) is 5.92 Å². The Hall–Kier alpha value is -1.51. The number of carbonyl (C=O) groups excluding carboxylic acids is 1. The van der Waals surface area contributed by atoms with E-state index in [2.05, 4.69) is 24.3 Å². The lowest BCUT2D eigenvalue weighted by atomic mass is 9.90. The van der Waals surface area contributed by atoms with Crippen molar-refractivity contribution in [3.8, 4) is 0 Å². The summed E-state index contributed by atoms with van der Waals surface area (Å²) in [5.74, 6) is 0.613. The van der Waals surface area contributed by atoms with Crippen molar-refractivity contribution < 1.29 is 4.79 Å². The Morgan fingerprint density at radius 1 is 1.18 bits per heavy atom. The van der Waals surface area contributed by atoms with Crippen LogP contribution in [-0.2, 0) is 0 Å². The van der Waals surface area contributed by atoms with Gasteiger partial charge in [-0.05, 0) is 24.3 Å². The zero-order valence-corrected chi connectivity index (χ0v) is 10.6. The normalized spacial score (nSPS) is 16.9. The van der Waals surface area contributed by atoms with E-state index in [9.17, 15) is 4.79 Å². The maximum Gasteiger partial charge on any atom is 0.319 e. The fourth-order valence-corrected chi connectivity index (χ4v) is 2.41. The fourth-order valence-electron chi connectivity index (χ4n) is 2.41. The van der Waals surface area contributed by atoms with Gasteiger partial charge in [0.2, 0.25) is 0 Å². The van der Waals surface area contributed by atoms with E-state index in [1.165, 1.54) is 5.56 Å². The summed E-state index contributed by atoms with van der Waals surface area (Å²) in [6.45, 7) is 1.74. The van der Waals surface area contributed by atoms with Crippen LogP contribution in [-0.4, -0.2) is 43.0 Å². The molecule has 1 aromatic rings. The summed E-state index contributed by atoms with van der Waals surface area (Å²) in [7, 11) is 3.62. The molecular formula is C14H20N2O. The van der Waals surface area contributed by atoms with Crippen molar-refractivity contribution in [1.82, 2.24) is 9.80 Å². The summed E-state index contributed by atoms with van der Waals surface area (Å²) >= 11 is 0. The van der Waals surface area contributed by atoms with Gasteiger partial charge in [-0.25, -0.2) is 4.79 Å². The topological polar surface area (TPSA) is 23.6 Å². The van der Waals surface area contributed by atoms with Crippen LogP contribution in [0.3, 0.4) is 0 Å². The molecule has 0 bridgehead atoms. The van der Waals surface area contributed by atoms with Gasteiger partial charge in [0.05, 0.1) is 0 Å². The molecule has 0 spiro atoms. The molecule has 1 aliphatic heterocycles. The van der Waals surface area contributed by atoms with E-state index in [1.54, 1.807) is 4.90 Å². The van der Waals surface area contributed by atoms with E-state index in [1.807, 2.05) is 25.1 Å². The van der Waals surface area contributed by atoms with Crippen LogP contribution in [0.4, 0.5) is 4.79 Å². The molecule has 0 N–H and O–H groups in total. The van der Waals surface area contributed by atoms with Crippen LogP contribution in [0, 0.1) is 0 Å². The third-order valence-corrected chi connectivity index (χ3v) is 3.42. The molecule has 92 valence electrons. The monoisotopic (exact) mass is 232 g/mol. The van der Waals surface area contributed by atoms with Gasteiger partial charge in [-0.15, -0.1) is 0 Å². The maximum atomic E-state index is 11.8. The molecule has 0 aliphatic carbocycles. The van der Waals surface area contributed by atoms with Crippen LogP contribution < -0.4 is 0 Å². The average molecular weight is 232 g/mol. The number of rotatable bonds is 1. The van der Waals surface area contributed by atoms with Crippen molar-refractivity contribution in [2.24, 2.45) is 0 Å². The van der Waals surface area contributed by atoms with E-state index in [4.69, 9.17) is 0 Å². The molecule has 0 aromatic heterocycles. The number of hydrogen-bond acceptors (Lipinski definition) is 1. The molecule has 1 heterocycles. The highest BCUT2D eigenvalue weighted by atomic mass is 16.2. The first-order valence-electron chi connectivity index (χ1n) is 6.19. The van der Waals surface area contributed by atoms with Crippen LogP contribution in [0.1, 0.15) is 24.3 Å². The molecule has 2 amide bonds. The summed E-state index contributed by atoms with van der Waals surface area (Å²) in [6, 6.07) is 10.7.